The lowest BCUT2D eigenvalue weighted by Crippen LogP contribution is -2.29. The fourth-order valence-electron chi connectivity index (χ4n) is 3.44. The van der Waals surface area contributed by atoms with Gasteiger partial charge >= 0.3 is 5.97 Å². The van der Waals surface area contributed by atoms with E-state index in [2.05, 4.69) is 23.3 Å². The number of nitrogens with one attached hydrogen (secondary N) is 2. The van der Waals surface area contributed by atoms with Crippen molar-refractivity contribution in [2.45, 2.75) is 26.7 Å². The SMILES string of the molecule is C=CCOC(=O)C1=C(C)NC(SCC(=O)Nc2cc(C)ccc2C)=C(C#N)[C@H]1c1ccco1. The van der Waals surface area contributed by atoms with Gasteiger partial charge in [0.1, 0.15) is 12.4 Å². The number of ether oxygens (including phenoxy) is 1. The van der Waals surface area contributed by atoms with Crippen LogP contribution < -0.4 is 10.6 Å². The molecule has 1 aromatic carbocycles. The Kier molecular flexibility index (Phi) is 7.80. The van der Waals surface area contributed by atoms with Crippen molar-refractivity contribution in [3.8, 4) is 6.07 Å². The highest BCUT2D eigenvalue weighted by atomic mass is 32.2. The normalized spacial score (nSPS) is 15.5. The molecule has 0 aliphatic carbocycles. The first kappa shape index (κ1) is 24.0. The summed E-state index contributed by atoms with van der Waals surface area (Å²) in [7, 11) is 0. The van der Waals surface area contributed by atoms with Crippen molar-refractivity contribution in [1.82, 2.24) is 5.32 Å². The van der Waals surface area contributed by atoms with Crippen LogP contribution in [-0.4, -0.2) is 24.2 Å². The number of amides is 1. The van der Waals surface area contributed by atoms with Crippen molar-refractivity contribution in [3.63, 3.8) is 0 Å². The molecule has 2 N–H and O–H groups in total. The summed E-state index contributed by atoms with van der Waals surface area (Å²) in [4.78, 5) is 25.4. The van der Waals surface area contributed by atoms with Crippen LogP contribution in [0.1, 0.15) is 29.7 Å². The minimum absolute atomic E-state index is 0.0479. The van der Waals surface area contributed by atoms with E-state index in [-0.39, 0.29) is 29.4 Å². The molecule has 1 aromatic heterocycles. The lowest BCUT2D eigenvalue weighted by Gasteiger charge is -2.27. The van der Waals surface area contributed by atoms with Gasteiger partial charge in [-0.3, -0.25) is 4.79 Å². The quantitative estimate of drug-likeness (QED) is 0.432. The third kappa shape index (κ3) is 5.57. The number of furan rings is 1. The molecular weight excluding hydrogens is 438 g/mol. The first-order valence-electron chi connectivity index (χ1n) is 10.3. The van der Waals surface area contributed by atoms with Gasteiger partial charge in [0.15, 0.2) is 0 Å². The van der Waals surface area contributed by atoms with Crippen LogP contribution in [0.2, 0.25) is 0 Å². The molecule has 8 heteroatoms. The van der Waals surface area contributed by atoms with Crippen LogP contribution in [0.3, 0.4) is 0 Å². The molecule has 2 aromatic rings. The van der Waals surface area contributed by atoms with Gasteiger partial charge in [0.25, 0.3) is 0 Å². The van der Waals surface area contributed by atoms with E-state index in [0.717, 1.165) is 16.8 Å². The zero-order valence-corrected chi connectivity index (χ0v) is 19.5. The molecule has 3 rings (SSSR count). The van der Waals surface area contributed by atoms with Crippen LogP contribution in [0, 0.1) is 25.2 Å². The van der Waals surface area contributed by atoms with Crippen molar-refractivity contribution in [2.75, 3.05) is 17.7 Å². The van der Waals surface area contributed by atoms with Crippen LogP contribution in [0.15, 0.2) is 75.5 Å². The summed E-state index contributed by atoms with van der Waals surface area (Å²) in [6, 6.07) is 11.4. The van der Waals surface area contributed by atoms with Gasteiger partial charge in [-0.15, -0.1) is 0 Å². The molecule has 170 valence electrons. The maximum absolute atomic E-state index is 12.8. The van der Waals surface area contributed by atoms with Crippen molar-refractivity contribution in [2.24, 2.45) is 0 Å². The van der Waals surface area contributed by atoms with Gasteiger partial charge in [0.2, 0.25) is 5.91 Å². The molecule has 1 amide bonds. The van der Waals surface area contributed by atoms with Crippen LogP contribution in [-0.2, 0) is 14.3 Å². The Morgan fingerprint density at radius 3 is 2.79 bits per heavy atom. The first-order valence-corrected chi connectivity index (χ1v) is 11.3. The highest BCUT2D eigenvalue weighted by Crippen LogP contribution is 2.41. The van der Waals surface area contributed by atoms with E-state index < -0.39 is 11.9 Å². The molecular formula is C25H25N3O4S. The van der Waals surface area contributed by atoms with E-state index in [1.54, 1.807) is 19.1 Å². The Hall–Kier alpha value is -3.70. The Morgan fingerprint density at radius 2 is 2.12 bits per heavy atom. The highest BCUT2D eigenvalue weighted by Gasteiger charge is 2.37. The number of carbonyl (C=O) groups excluding carboxylic acids is 2. The number of anilines is 1. The van der Waals surface area contributed by atoms with Gasteiger partial charge in [-0.2, -0.15) is 5.26 Å². The standard InChI is InChI=1S/C25H25N3O4S/c1-5-10-32-25(30)22-17(4)27-24(18(13-26)23(22)20-7-6-11-31-20)33-14-21(29)28-19-12-15(2)8-9-16(19)3/h5-9,11-12,23,27H,1,10,14H2,2-4H3,(H,28,29)/t23-/m0/s1. The van der Waals surface area contributed by atoms with E-state index in [4.69, 9.17) is 9.15 Å². The minimum atomic E-state index is -0.742. The number of esters is 1. The summed E-state index contributed by atoms with van der Waals surface area (Å²) in [6.07, 6.45) is 2.96. The van der Waals surface area contributed by atoms with Gasteiger partial charge in [-0.1, -0.05) is 36.5 Å². The number of nitriles is 1. The summed E-state index contributed by atoms with van der Waals surface area (Å²) in [5.74, 6) is -0.989. The first-order chi connectivity index (χ1) is 15.8. The lowest BCUT2D eigenvalue weighted by molar-refractivity contribution is -0.138. The second kappa shape index (κ2) is 10.7. The van der Waals surface area contributed by atoms with Gasteiger partial charge in [0.05, 0.1) is 40.2 Å². The largest absolute Gasteiger partial charge is 0.468 e. The summed E-state index contributed by atoms with van der Waals surface area (Å²) in [5.41, 5.74) is 3.86. The van der Waals surface area contributed by atoms with E-state index in [1.807, 2.05) is 32.0 Å². The smallest absolute Gasteiger partial charge is 0.337 e. The van der Waals surface area contributed by atoms with Crippen LogP contribution in [0.5, 0.6) is 0 Å². The van der Waals surface area contributed by atoms with Crippen molar-refractivity contribution in [3.05, 3.63) is 88.0 Å². The Labute approximate surface area is 197 Å². The number of benzene rings is 1. The zero-order valence-electron chi connectivity index (χ0n) is 18.7. The number of rotatable bonds is 8. The summed E-state index contributed by atoms with van der Waals surface area (Å²) in [5, 5.41) is 16.5. The third-order valence-electron chi connectivity index (χ3n) is 5.04. The molecule has 0 spiro atoms. The van der Waals surface area contributed by atoms with Crippen molar-refractivity contribution >= 4 is 29.3 Å². The third-order valence-corrected chi connectivity index (χ3v) is 6.06. The van der Waals surface area contributed by atoms with Crippen LogP contribution in [0.25, 0.3) is 0 Å². The highest BCUT2D eigenvalue weighted by molar-refractivity contribution is 8.03. The molecule has 7 nitrogen and oxygen atoms in total. The molecule has 0 saturated carbocycles. The molecule has 0 radical (unpaired) electrons. The summed E-state index contributed by atoms with van der Waals surface area (Å²) < 4.78 is 10.8. The van der Waals surface area contributed by atoms with Gasteiger partial charge < -0.3 is 19.8 Å². The predicted molar refractivity (Wildman–Crippen MR) is 128 cm³/mol. The Bertz CT molecular complexity index is 1170. The van der Waals surface area contributed by atoms with E-state index in [9.17, 15) is 14.9 Å². The second-order valence-corrected chi connectivity index (χ2v) is 8.49. The molecule has 0 fully saturated rings. The monoisotopic (exact) mass is 463 g/mol. The molecule has 1 aliphatic rings. The number of carbonyl (C=O) groups is 2. The van der Waals surface area contributed by atoms with Crippen molar-refractivity contribution < 1.29 is 18.7 Å². The topological polar surface area (TPSA) is 104 Å². The average Bonchev–Trinajstić information content (AvgIpc) is 3.32. The number of aryl methyl sites for hydroxylation is 2. The number of hydrogen-bond donors (Lipinski definition) is 2. The molecule has 1 atom stereocenters. The lowest BCUT2D eigenvalue weighted by atomic mass is 9.86. The molecule has 1 aliphatic heterocycles. The fourth-order valence-corrected chi connectivity index (χ4v) is 4.34. The maximum atomic E-state index is 12.8. The zero-order chi connectivity index (χ0) is 24.0. The van der Waals surface area contributed by atoms with Gasteiger partial charge in [0, 0.05) is 11.4 Å². The van der Waals surface area contributed by atoms with Crippen LogP contribution >= 0.6 is 11.8 Å². The average molecular weight is 464 g/mol. The number of dihydropyridines is 1. The Morgan fingerprint density at radius 1 is 1.33 bits per heavy atom. The van der Waals surface area contributed by atoms with Gasteiger partial charge in [-0.05, 0) is 50.1 Å². The number of allylic oxidation sites excluding steroid dienone is 2. The second-order valence-electron chi connectivity index (χ2n) is 7.51. The number of hydrogen-bond acceptors (Lipinski definition) is 7. The Balaban J connectivity index is 1.84. The van der Waals surface area contributed by atoms with E-state index in [1.165, 1.54) is 24.1 Å². The molecule has 0 bridgehead atoms. The predicted octanol–water partition coefficient (Wildman–Crippen LogP) is 4.69. The molecule has 33 heavy (non-hydrogen) atoms. The molecule has 2 heterocycles. The number of thioether (sulfide) groups is 1. The molecule has 0 saturated heterocycles. The summed E-state index contributed by atoms with van der Waals surface area (Å²) >= 11 is 1.19. The van der Waals surface area contributed by atoms with Crippen LogP contribution in [0.4, 0.5) is 5.69 Å². The van der Waals surface area contributed by atoms with Crippen molar-refractivity contribution in [1.29, 1.82) is 5.26 Å². The van der Waals surface area contributed by atoms with E-state index >= 15 is 0 Å². The maximum Gasteiger partial charge on any atom is 0.337 e. The van der Waals surface area contributed by atoms with E-state index in [0.29, 0.717) is 16.5 Å². The van der Waals surface area contributed by atoms with Gasteiger partial charge in [-0.25, -0.2) is 4.79 Å². The fraction of sp³-hybridized carbons (Fsp3) is 0.240. The minimum Gasteiger partial charge on any atom is -0.468 e. The summed E-state index contributed by atoms with van der Waals surface area (Å²) in [6.45, 7) is 9.22. The number of nitrogens with zero attached hydrogens (tertiary/aromatic N) is 1. The molecule has 0 unspecified atom stereocenters.